The van der Waals surface area contributed by atoms with E-state index in [1.165, 1.54) is 0 Å². The molecule has 0 aliphatic heterocycles. The SMILES string of the molecule is CC[C@H](N)C(=O)NC(C)C(=O)NCC(C)C. The molecule has 0 aromatic rings. The van der Waals surface area contributed by atoms with E-state index < -0.39 is 12.1 Å². The number of carbonyl (C=O) groups is 2. The van der Waals surface area contributed by atoms with Gasteiger partial charge in [0.1, 0.15) is 6.04 Å². The molecule has 2 amide bonds. The van der Waals surface area contributed by atoms with Crippen LogP contribution in [0, 0.1) is 5.92 Å². The summed E-state index contributed by atoms with van der Waals surface area (Å²) in [5.74, 6) is -0.0650. The normalized spacial score (nSPS) is 14.4. The van der Waals surface area contributed by atoms with Gasteiger partial charge in [-0.05, 0) is 19.3 Å². The van der Waals surface area contributed by atoms with Gasteiger partial charge in [0.25, 0.3) is 0 Å². The topological polar surface area (TPSA) is 84.2 Å². The molecule has 0 aliphatic carbocycles. The summed E-state index contributed by atoms with van der Waals surface area (Å²) in [6.07, 6.45) is 0.562. The zero-order chi connectivity index (χ0) is 12.7. The highest BCUT2D eigenvalue weighted by molar-refractivity contribution is 5.89. The van der Waals surface area contributed by atoms with Gasteiger partial charge in [0, 0.05) is 6.54 Å². The van der Waals surface area contributed by atoms with Crippen LogP contribution in [0.3, 0.4) is 0 Å². The number of carbonyl (C=O) groups excluding carboxylic acids is 2. The van der Waals surface area contributed by atoms with E-state index in [1.54, 1.807) is 6.92 Å². The Morgan fingerprint density at radius 2 is 1.75 bits per heavy atom. The van der Waals surface area contributed by atoms with Crippen LogP contribution < -0.4 is 16.4 Å². The molecule has 0 fully saturated rings. The molecule has 0 bridgehead atoms. The molecule has 0 heterocycles. The molecule has 0 saturated carbocycles. The van der Waals surface area contributed by atoms with Crippen LogP contribution in [-0.4, -0.2) is 30.4 Å². The van der Waals surface area contributed by atoms with Crippen molar-refractivity contribution < 1.29 is 9.59 Å². The van der Waals surface area contributed by atoms with Crippen LogP contribution in [-0.2, 0) is 9.59 Å². The van der Waals surface area contributed by atoms with Crippen LogP contribution in [0.25, 0.3) is 0 Å². The quantitative estimate of drug-likeness (QED) is 0.599. The maximum absolute atomic E-state index is 11.5. The van der Waals surface area contributed by atoms with Crippen molar-refractivity contribution in [3.05, 3.63) is 0 Å². The van der Waals surface area contributed by atoms with Gasteiger partial charge in [0.2, 0.25) is 11.8 Å². The van der Waals surface area contributed by atoms with Crippen LogP contribution in [0.4, 0.5) is 0 Å². The van der Waals surface area contributed by atoms with Crippen LogP contribution >= 0.6 is 0 Å². The second-order valence-corrected chi connectivity index (χ2v) is 4.38. The summed E-state index contributed by atoms with van der Waals surface area (Å²) in [7, 11) is 0. The third-order valence-electron chi connectivity index (χ3n) is 2.21. The van der Waals surface area contributed by atoms with Gasteiger partial charge >= 0.3 is 0 Å². The first-order valence-corrected chi connectivity index (χ1v) is 5.72. The highest BCUT2D eigenvalue weighted by atomic mass is 16.2. The van der Waals surface area contributed by atoms with E-state index in [2.05, 4.69) is 10.6 Å². The minimum Gasteiger partial charge on any atom is -0.354 e. The fourth-order valence-corrected chi connectivity index (χ4v) is 1.03. The van der Waals surface area contributed by atoms with E-state index in [0.717, 1.165) is 0 Å². The van der Waals surface area contributed by atoms with Crippen molar-refractivity contribution in [2.24, 2.45) is 11.7 Å². The highest BCUT2D eigenvalue weighted by Crippen LogP contribution is 1.91. The van der Waals surface area contributed by atoms with Gasteiger partial charge in [-0.2, -0.15) is 0 Å². The second-order valence-electron chi connectivity index (χ2n) is 4.38. The molecule has 4 N–H and O–H groups in total. The van der Waals surface area contributed by atoms with Crippen LogP contribution in [0.15, 0.2) is 0 Å². The first-order valence-electron chi connectivity index (χ1n) is 5.72. The third kappa shape index (κ3) is 5.70. The molecule has 94 valence electrons. The van der Waals surface area contributed by atoms with Crippen LogP contribution in [0.5, 0.6) is 0 Å². The molecule has 0 aromatic heterocycles. The monoisotopic (exact) mass is 229 g/mol. The largest absolute Gasteiger partial charge is 0.354 e. The molecular weight excluding hydrogens is 206 g/mol. The fraction of sp³-hybridized carbons (Fsp3) is 0.818. The molecule has 1 unspecified atom stereocenters. The number of hydrogen-bond donors (Lipinski definition) is 3. The summed E-state index contributed by atoms with van der Waals surface area (Å²) in [4.78, 5) is 22.9. The molecule has 0 aromatic carbocycles. The van der Waals surface area contributed by atoms with E-state index in [-0.39, 0.29) is 11.8 Å². The zero-order valence-electron chi connectivity index (χ0n) is 10.5. The van der Waals surface area contributed by atoms with Crippen molar-refractivity contribution in [3.63, 3.8) is 0 Å². The number of nitrogens with one attached hydrogen (secondary N) is 2. The van der Waals surface area contributed by atoms with Crippen LogP contribution in [0.2, 0.25) is 0 Å². The number of rotatable bonds is 6. The van der Waals surface area contributed by atoms with Gasteiger partial charge in [-0.1, -0.05) is 20.8 Å². The number of nitrogens with two attached hydrogens (primary N) is 1. The van der Waals surface area contributed by atoms with E-state index in [1.807, 2.05) is 20.8 Å². The van der Waals surface area contributed by atoms with E-state index in [9.17, 15) is 9.59 Å². The van der Waals surface area contributed by atoms with Gasteiger partial charge < -0.3 is 16.4 Å². The zero-order valence-corrected chi connectivity index (χ0v) is 10.5. The summed E-state index contributed by atoms with van der Waals surface area (Å²) < 4.78 is 0. The smallest absolute Gasteiger partial charge is 0.242 e. The molecule has 16 heavy (non-hydrogen) atoms. The van der Waals surface area contributed by atoms with Crippen molar-refractivity contribution in [1.82, 2.24) is 10.6 Å². The van der Waals surface area contributed by atoms with Gasteiger partial charge in [-0.15, -0.1) is 0 Å². The Morgan fingerprint density at radius 1 is 1.19 bits per heavy atom. The lowest BCUT2D eigenvalue weighted by atomic mass is 10.2. The van der Waals surface area contributed by atoms with E-state index >= 15 is 0 Å². The van der Waals surface area contributed by atoms with Gasteiger partial charge in [-0.3, -0.25) is 9.59 Å². The Kier molecular flexibility index (Phi) is 6.72. The Labute approximate surface area is 97.2 Å². The lowest BCUT2D eigenvalue weighted by molar-refractivity contribution is -0.129. The first kappa shape index (κ1) is 14.9. The maximum Gasteiger partial charge on any atom is 0.242 e. The average molecular weight is 229 g/mol. The van der Waals surface area contributed by atoms with Crippen molar-refractivity contribution >= 4 is 11.8 Å². The molecule has 0 spiro atoms. The standard InChI is InChI=1S/C11H23N3O2/c1-5-9(12)11(16)14-8(4)10(15)13-6-7(2)3/h7-9H,5-6,12H2,1-4H3,(H,13,15)(H,14,16)/t8?,9-/m0/s1. The fourth-order valence-electron chi connectivity index (χ4n) is 1.03. The Bertz CT molecular complexity index is 241. The molecule has 5 heteroatoms. The first-order chi connectivity index (χ1) is 7.38. The minimum absolute atomic E-state index is 0.176. The highest BCUT2D eigenvalue weighted by Gasteiger charge is 2.18. The maximum atomic E-state index is 11.5. The predicted octanol–water partition coefficient (Wildman–Crippen LogP) is 0.000600. The number of hydrogen-bond acceptors (Lipinski definition) is 3. The summed E-state index contributed by atoms with van der Waals surface area (Å²) in [6.45, 7) is 8.11. The number of amides is 2. The lowest BCUT2D eigenvalue weighted by Crippen LogP contribution is -2.50. The van der Waals surface area contributed by atoms with Crippen molar-refractivity contribution in [1.29, 1.82) is 0 Å². The molecule has 5 nitrogen and oxygen atoms in total. The van der Waals surface area contributed by atoms with E-state index in [4.69, 9.17) is 5.73 Å². The van der Waals surface area contributed by atoms with Crippen LogP contribution in [0.1, 0.15) is 34.1 Å². The lowest BCUT2D eigenvalue weighted by Gasteiger charge is -2.17. The Balaban J connectivity index is 4.00. The summed E-state index contributed by atoms with van der Waals surface area (Å²) in [6, 6.07) is -1.08. The molecular formula is C11H23N3O2. The molecule has 0 aliphatic rings. The molecule has 2 atom stereocenters. The van der Waals surface area contributed by atoms with Gasteiger partial charge in [0.15, 0.2) is 0 Å². The average Bonchev–Trinajstić information content (AvgIpc) is 2.24. The molecule has 0 rings (SSSR count). The Hall–Kier alpha value is -1.10. The third-order valence-corrected chi connectivity index (χ3v) is 2.21. The molecule has 0 radical (unpaired) electrons. The summed E-state index contributed by atoms with van der Waals surface area (Å²) >= 11 is 0. The van der Waals surface area contributed by atoms with E-state index in [0.29, 0.717) is 18.9 Å². The van der Waals surface area contributed by atoms with Crippen molar-refractivity contribution in [3.8, 4) is 0 Å². The van der Waals surface area contributed by atoms with Crippen molar-refractivity contribution in [2.75, 3.05) is 6.54 Å². The second kappa shape index (κ2) is 7.22. The summed E-state index contributed by atoms with van der Waals surface area (Å²) in [5.41, 5.74) is 5.54. The predicted molar refractivity (Wildman–Crippen MR) is 63.7 cm³/mol. The van der Waals surface area contributed by atoms with Gasteiger partial charge in [0.05, 0.1) is 6.04 Å². The molecule has 0 saturated heterocycles. The van der Waals surface area contributed by atoms with Crippen molar-refractivity contribution in [2.45, 2.75) is 46.2 Å². The Morgan fingerprint density at radius 3 is 2.19 bits per heavy atom. The summed E-state index contributed by atoms with van der Waals surface area (Å²) in [5, 5.41) is 5.33. The van der Waals surface area contributed by atoms with Gasteiger partial charge in [-0.25, -0.2) is 0 Å². The minimum atomic E-state index is -0.541.